The van der Waals surface area contributed by atoms with Crippen LogP contribution in [0.5, 0.6) is 0 Å². The van der Waals surface area contributed by atoms with Gasteiger partial charge in [0.15, 0.2) is 5.05 Å². The van der Waals surface area contributed by atoms with Crippen LogP contribution in [0, 0.1) is 6.92 Å². The van der Waals surface area contributed by atoms with Gasteiger partial charge in [-0.05, 0) is 66.7 Å². The van der Waals surface area contributed by atoms with Gasteiger partial charge in [-0.2, -0.15) is 13.2 Å². The number of alkyl halides is 3. The molecule has 1 N–H and O–H groups in total. The molecule has 3 nitrogen and oxygen atoms in total. The maximum absolute atomic E-state index is 14.0. The number of nitrogens with one attached hydrogen (secondary N) is 1. The zero-order chi connectivity index (χ0) is 20.7. The van der Waals surface area contributed by atoms with Gasteiger partial charge in [-0.15, -0.1) is 0 Å². The average Bonchev–Trinajstić information content (AvgIpc) is 3.07. The number of thiocarbonyl (C=S) groups is 1. The van der Waals surface area contributed by atoms with Gasteiger partial charge in [-0.3, -0.25) is 10.3 Å². The summed E-state index contributed by atoms with van der Waals surface area (Å²) in [6, 6.07) is 8.71. The van der Waals surface area contributed by atoms with Crippen molar-refractivity contribution in [3.8, 4) is 0 Å². The van der Waals surface area contributed by atoms with Gasteiger partial charge in [-0.1, -0.05) is 29.3 Å². The van der Waals surface area contributed by atoms with Gasteiger partial charge in [0, 0.05) is 21.2 Å². The third kappa shape index (κ3) is 3.72. The smallest absolute Gasteiger partial charge is 0.428 e. The predicted octanol–water partition coefficient (Wildman–Crippen LogP) is 5.96. The number of hydroxylamine groups is 1. The molecule has 28 heavy (non-hydrogen) atoms. The predicted molar refractivity (Wildman–Crippen MR) is 106 cm³/mol. The fourth-order valence-electron chi connectivity index (χ4n) is 2.92. The Morgan fingerprint density at radius 2 is 1.79 bits per heavy atom. The van der Waals surface area contributed by atoms with E-state index in [4.69, 9.17) is 45.0 Å². The molecule has 0 fully saturated rings. The summed E-state index contributed by atoms with van der Waals surface area (Å²) in [4.78, 5) is 5.07. The highest BCUT2D eigenvalue weighted by atomic mass is 35.5. The highest BCUT2D eigenvalue weighted by Crippen LogP contribution is 2.48. The summed E-state index contributed by atoms with van der Waals surface area (Å²) in [5.41, 5.74) is 1.52. The minimum absolute atomic E-state index is 0.0739. The fourth-order valence-corrected chi connectivity index (χ4v) is 3.68. The Bertz CT molecular complexity index is 958. The summed E-state index contributed by atoms with van der Waals surface area (Å²) < 4.78 is 47.1. The minimum Gasteiger partial charge on any atom is -0.486 e. The Labute approximate surface area is 175 Å². The number of hydrogen-bond acceptors (Lipinski definition) is 4. The van der Waals surface area contributed by atoms with Gasteiger partial charge in [-0.25, -0.2) is 0 Å². The van der Waals surface area contributed by atoms with E-state index in [1.165, 1.54) is 25.3 Å². The number of benzene rings is 2. The molecule has 0 saturated heterocycles. The zero-order valence-corrected chi connectivity index (χ0v) is 17.0. The Kier molecular flexibility index (Phi) is 5.64. The van der Waals surface area contributed by atoms with Crippen LogP contribution in [0.15, 0.2) is 42.5 Å². The van der Waals surface area contributed by atoms with Crippen molar-refractivity contribution in [1.29, 1.82) is 0 Å². The van der Waals surface area contributed by atoms with Crippen LogP contribution < -0.4 is 5.48 Å². The van der Waals surface area contributed by atoms with E-state index in [0.29, 0.717) is 16.2 Å². The van der Waals surface area contributed by atoms with Crippen molar-refractivity contribution in [2.75, 3.05) is 7.11 Å². The van der Waals surface area contributed by atoms with E-state index in [1.54, 1.807) is 25.1 Å². The van der Waals surface area contributed by atoms with Crippen LogP contribution in [0.1, 0.15) is 22.3 Å². The largest absolute Gasteiger partial charge is 0.486 e. The molecule has 1 atom stereocenters. The molecule has 1 heterocycles. The van der Waals surface area contributed by atoms with Gasteiger partial charge in [0.1, 0.15) is 0 Å². The molecule has 9 heteroatoms. The molecule has 2 aromatic carbocycles. The summed E-state index contributed by atoms with van der Waals surface area (Å²) in [5.74, 6) is 0. The molecule has 3 rings (SSSR count). The average molecular weight is 448 g/mol. The third-order valence-electron chi connectivity index (χ3n) is 4.32. The quantitative estimate of drug-likeness (QED) is 0.588. The lowest BCUT2D eigenvalue weighted by atomic mass is 9.91. The molecule has 148 valence electrons. The summed E-state index contributed by atoms with van der Waals surface area (Å²) >= 11 is 16.9. The first-order chi connectivity index (χ1) is 13.1. The van der Waals surface area contributed by atoms with E-state index in [2.05, 4.69) is 5.48 Å². The van der Waals surface area contributed by atoms with Crippen molar-refractivity contribution in [3.63, 3.8) is 0 Å². The van der Waals surface area contributed by atoms with E-state index in [9.17, 15) is 13.2 Å². The molecular formula is C19H14Cl2F3NO2S. The van der Waals surface area contributed by atoms with E-state index in [-0.39, 0.29) is 21.3 Å². The lowest BCUT2D eigenvalue weighted by Gasteiger charge is -2.28. The molecule has 0 aliphatic carbocycles. The van der Waals surface area contributed by atoms with Gasteiger partial charge in [0.25, 0.3) is 0 Å². The monoisotopic (exact) mass is 447 g/mol. The van der Waals surface area contributed by atoms with Gasteiger partial charge < -0.3 is 4.74 Å². The third-order valence-corrected chi connectivity index (χ3v) is 5.15. The van der Waals surface area contributed by atoms with Crippen molar-refractivity contribution < 1.29 is 22.7 Å². The van der Waals surface area contributed by atoms with Crippen LogP contribution in [-0.2, 0) is 15.2 Å². The number of hydrogen-bond donors (Lipinski definition) is 1. The highest BCUT2D eigenvalue weighted by Gasteiger charge is 2.59. The van der Waals surface area contributed by atoms with E-state index >= 15 is 0 Å². The summed E-state index contributed by atoms with van der Waals surface area (Å²) in [7, 11) is 1.46. The van der Waals surface area contributed by atoms with Crippen LogP contribution in [0.25, 0.3) is 5.70 Å². The summed E-state index contributed by atoms with van der Waals surface area (Å²) in [6.45, 7) is 1.79. The van der Waals surface area contributed by atoms with Crippen LogP contribution in [0.2, 0.25) is 10.0 Å². The summed E-state index contributed by atoms with van der Waals surface area (Å²) in [5, 5.41) is 0.446. The van der Waals surface area contributed by atoms with Gasteiger partial charge in [0.05, 0.1) is 12.8 Å². The topological polar surface area (TPSA) is 30.5 Å². The van der Waals surface area contributed by atoms with Crippen molar-refractivity contribution in [1.82, 2.24) is 5.48 Å². The Hall–Kier alpha value is -1.80. The van der Waals surface area contributed by atoms with Crippen molar-refractivity contribution in [3.05, 3.63) is 74.8 Å². The first-order valence-electron chi connectivity index (χ1n) is 7.97. The Morgan fingerprint density at radius 3 is 2.32 bits per heavy atom. The van der Waals surface area contributed by atoms with Crippen LogP contribution >= 0.6 is 35.4 Å². The molecule has 0 amide bonds. The first-order valence-corrected chi connectivity index (χ1v) is 9.13. The second kappa shape index (κ2) is 7.55. The molecule has 0 bridgehead atoms. The van der Waals surface area contributed by atoms with Crippen LogP contribution in [0.3, 0.4) is 0 Å². The van der Waals surface area contributed by atoms with Crippen LogP contribution in [0.4, 0.5) is 13.2 Å². The number of rotatable bonds is 3. The molecule has 0 saturated carbocycles. The number of aryl methyl sites for hydroxylation is 1. The lowest BCUT2D eigenvalue weighted by Crippen LogP contribution is -2.42. The Balaban J connectivity index is 2.10. The summed E-state index contributed by atoms with van der Waals surface area (Å²) in [6.07, 6.45) is -3.79. The normalized spacial score (nSPS) is 19.2. The maximum Gasteiger partial charge on any atom is 0.428 e. The second-order valence-electron chi connectivity index (χ2n) is 6.17. The number of halogens is 5. The lowest BCUT2D eigenvalue weighted by molar-refractivity contribution is -0.269. The SMILES string of the molecule is COC(=S)c1ccc(C2=CC(c3cc(Cl)cc(Cl)c3)(C(F)(F)F)ON2)cc1C. The van der Waals surface area contributed by atoms with Crippen LogP contribution in [-0.4, -0.2) is 18.3 Å². The molecule has 2 aromatic rings. The van der Waals surface area contributed by atoms with Crippen molar-refractivity contribution >= 4 is 46.2 Å². The molecule has 1 unspecified atom stereocenters. The van der Waals surface area contributed by atoms with Crippen molar-refractivity contribution in [2.45, 2.75) is 18.7 Å². The molecule has 1 aliphatic heterocycles. The van der Waals surface area contributed by atoms with Gasteiger partial charge >= 0.3 is 6.18 Å². The molecule has 0 spiro atoms. The molecule has 1 aliphatic rings. The zero-order valence-electron chi connectivity index (χ0n) is 14.7. The standard InChI is InChI=1S/C19H14Cl2F3NO2S/c1-10-5-11(3-4-15(10)17(28)26-2)16-9-18(27-25-16,19(22,23)24)12-6-13(20)8-14(21)7-12/h3-9,25H,1-2H3. The number of ether oxygens (including phenoxy) is 1. The van der Waals surface area contributed by atoms with Gasteiger partial charge in [0.2, 0.25) is 5.60 Å². The Morgan fingerprint density at radius 1 is 1.14 bits per heavy atom. The van der Waals surface area contributed by atoms with E-state index < -0.39 is 11.8 Å². The first kappa shape index (κ1) is 20.9. The fraction of sp³-hybridized carbons (Fsp3) is 0.211. The minimum atomic E-state index is -4.76. The van der Waals surface area contributed by atoms with E-state index in [1.807, 2.05) is 0 Å². The molecule has 0 radical (unpaired) electrons. The molecular weight excluding hydrogens is 434 g/mol. The van der Waals surface area contributed by atoms with E-state index in [0.717, 1.165) is 11.6 Å². The number of methoxy groups -OCH3 is 1. The van der Waals surface area contributed by atoms with Crippen molar-refractivity contribution in [2.24, 2.45) is 0 Å². The molecule has 0 aromatic heterocycles. The second-order valence-corrected chi connectivity index (χ2v) is 7.42. The highest BCUT2D eigenvalue weighted by molar-refractivity contribution is 7.80. The maximum atomic E-state index is 14.0.